The highest BCUT2D eigenvalue weighted by Gasteiger charge is 2.47. The molecule has 2 aromatic rings. The summed E-state index contributed by atoms with van der Waals surface area (Å²) in [4.78, 5) is 29.2. The average Bonchev–Trinajstić information content (AvgIpc) is 2.69. The van der Waals surface area contributed by atoms with Crippen LogP contribution >= 0.6 is 0 Å². The maximum absolute atomic E-state index is 13.1. The summed E-state index contributed by atoms with van der Waals surface area (Å²) in [5.74, 6) is -0.987. The molecule has 0 fully saturated rings. The van der Waals surface area contributed by atoms with Gasteiger partial charge in [-0.2, -0.15) is 0 Å². The van der Waals surface area contributed by atoms with Gasteiger partial charge in [0.1, 0.15) is 17.3 Å². The second-order valence-corrected chi connectivity index (χ2v) is 8.00. The molecule has 1 aliphatic rings. The Kier molecular flexibility index (Phi) is 5.81. The van der Waals surface area contributed by atoms with Crippen LogP contribution in [0.2, 0.25) is 0 Å². The number of phenolic OH excluding ortho intramolecular Hbond substituents is 1. The zero-order valence-electron chi connectivity index (χ0n) is 17.9. The summed E-state index contributed by atoms with van der Waals surface area (Å²) in [6.07, 6.45) is 5.77. The molecule has 0 aliphatic heterocycles. The maximum Gasteiger partial charge on any atom is 0.206 e. The van der Waals surface area contributed by atoms with E-state index >= 15 is 0 Å². The van der Waals surface area contributed by atoms with Gasteiger partial charge in [-0.05, 0) is 54.5 Å². The van der Waals surface area contributed by atoms with Gasteiger partial charge in [-0.3, -0.25) is 14.6 Å². The second-order valence-electron chi connectivity index (χ2n) is 8.00. The molecule has 0 unspecified atom stereocenters. The average molecular weight is 409 g/mol. The molecule has 30 heavy (non-hydrogen) atoms. The van der Waals surface area contributed by atoms with E-state index in [-0.39, 0.29) is 22.9 Å². The lowest BCUT2D eigenvalue weighted by Crippen LogP contribution is -2.45. The van der Waals surface area contributed by atoms with Crippen LogP contribution in [0, 0.1) is 5.92 Å². The number of aromatic hydroxyl groups is 1. The van der Waals surface area contributed by atoms with Crippen molar-refractivity contribution in [2.45, 2.75) is 46.1 Å². The van der Waals surface area contributed by atoms with Gasteiger partial charge in [0.05, 0.1) is 18.4 Å². The minimum atomic E-state index is -2.14. The number of fused-ring (bicyclic) bond motifs is 2. The Morgan fingerprint density at radius 1 is 1.33 bits per heavy atom. The van der Waals surface area contributed by atoms with Crippen LogP contribution in [0.5, 0.6) is 5.75 Å². The van der Waals surface area contributed by atoms with E-state index < -0.39 is 17.8 Å². The van der Waals surface area contributed by atoms with E-state index in [9.17, 15) is 19.8 Å². The van der Waals surface area contributed by atoms with Crippen LogP contribution in [0.4, 0.5) is 0 Å². The van der Waals surface area contributed by atoms with Crippen molar-refractivity contribution in [2.75, 3.05) is 7.11 Å². The number of benzene rings is 1. The van der Waals surface area contributed by atoms with Gasteiger partial charge in [-0.25, -0.2) is 0 Å². The molecule has 158 valence electrons. The Labute approximate surface area is 175 Å². The first-order valence-corrected chi connectivity index (χ1v) is 9.99. The molecule has 0 saturated heterocycles. The van der Waals surface area contributed by atoms with Crippen molar-refractivity contribution in [1.82, 2.24) is 4.98 Å². The van der Waals surface area contributed by atoms with Gasteiger partial charge in [0.2, 0.25) is 5.78 Å². The summed E-state index contributed by atoms with van der Waals surface area (Å²) in [7, 11) is 1.33. The first-order valence-electron chi connectivity index (χ1n) is 9.99. The SMILES string of the molecule is CC[C@H](C)/C=C(\C)c1cc2cc3c(c(O)c2cn1)C(=O)[C@](O)(CC(C)=O)C(OC)=C3. The highest BCUT2D eigenvalue weighted by atomic mass is 16.5. The molecule has 0 spiro atoms. The molecule has 1 aromatic heterocycles. The minimum absolute atomic E-state index is 0.0175. The number of aliphatic hydroxyl groups is 1. The fourth-order valence-corrected chi connectivity index (χ4v) is 3.83. The Bertz CT molecular complexity index is 1100. The van der Waals surface area contributed by atoms with Gasteiger partial charge in [-0.15, -0.1) is 0 Å². The number of phenols is 1. The third kappa shape index (κ3) is 3.63. The maximum atomic E-state index is 13.1. The molecule has 1 aromatic carbocycles. The van der Waals surface area contributed by atoms with Crippen LogP contribution in [-0.2, 0) is 9.53 Å². The number of allylic oxidation sites excluding steroid dienone is 2. The quantitative estimate of drug-likeness (QED) is 0.739. The van der Waals surface area contributed by atoms with Crippen LogP contribution in [-0.4, -0.2) is 39.5 Å². The largest absolute Gasteiger partial charge is 0.506 e. The van der Waals surface area contributed by atoms with Crippen molar-refractivity contribution >= 4 is 34.0 Å². The molecular weight excluding hydrogens is 382 g/mol. The van der Waals surface area contributed by atoms with Crippen molar-refractivity contribution in [2.24, 2.45) is 5.92 Å². The summed E-state index contributed by atoms with van der Waals surface area (Å²) in [6, 6.07) is 3.63. The number of carbonyl (C=O) groups is 2. The summed E-state index contributed by atoms with van der Waals surface area (Å²) < 4.78 is 5.24. The number of ketones is 2. The first-order chi connectivity index (χ1) is 14.1. The van der Waals surface area contributed by atoms with Gasteiger partial charge in [-0.1, -0.05) is 26.3 Å². The number of hydrogen-bond donors (Lipinski definition) is 2. The zero-order chi connectivity index (χ0) is 22.2. The van der Waals surface area contributed by atoms with E-state index in [4.69, 9.17) is 4.74 Å². The van der Waals surface area contributed by atoms with Gasteiger partial charge in [0.15, 0.2) is 5.60 Å². The topological polar surface area (TPSA) is 96.7 Å². The lowest BCUT2D eigenvalue weighted by atomic mass is 9.79. The Morgan fingerprint density at radius 2 is 2.03 bits per heavy atom. The third-order valence-electron chi connectivity index (χ3n) is 5.63. The van der Waals surface area contributed by atoms with E-state index in [1.807, 2.05) is 13.0 Å². The second kappa shape index (κ2) is 8.03. The molecule has 2 atom stereocenters. The third-order valence-corrected chi connectivity index (χ3v) is 5.63. The summed E-state index contributed by atoms with van der Waals surface area (Å²) in [5, 5.41) is 22.9. The number of aromatic nitrogens is 1. The normalized spacial score (nSPS) is 20.0. The lowest BCUT2D eigenvalue weighted by Gasteiger charge is -2.32. The van der Waals surface area contributed by atoms with Crippen LogP contribution in [0.15, 0.2) is 30.2 Å². The van der Waals surface area contributed by atoms with E-state index in [0.29, 0.717) is 22.3 Å². The lowest BCUT2D eigenvalue weighted by molar-refractivity contribution is -0.120. The van der Waals surface area contributed by atoms with E-state index in [1.54, 1.807) is 6.07 Å². The fraction of sp³-hybridized carbons (Fsp3) is 0.375. The number of nitrogens with zero attached hydrogens (tertiary/aromatic N) is 1. The molecule has 0 amide bonds. The van der Waals surface area contributed by atoms with Crippen molar-refractivity contribution in [3.8, 4) is 5.75 Å². The van der Waals surface area contributed by atoms with Crippen molar-refractivity contribution in [3.05, 3.63) is 47.0 Å². The van der Waals surface area contributed by atoms with E-state index in [0.717, 1.165) is 17.7 Å². The Morgan fingerprint density at radius 3 is 2.63 bits per heavy atom. The van der Waals surface area contributed by atoms with Crippen molar-refractivity contribution in [1.29, 1.82) is 0 Å². The minimum Gasteiger partial charge on any atom is -0.506 e. The monoisotopic (exact) mass is 409 g/mol. The van der Waals surface area contributed by atoms with Gasteiger partial charge in [0, 0.05) is 18.0 Å². The summed E-state index contributed by atoms with van der Waals surface area (Å²) >= 11 is 0. The van der Waals surface area contributed by atoms with Crippen LogP contribution in [0.25, 0.3) is 22.4 Å². The number of rotatable bonds is 6. The number of Topliss-reactive ketones (excluding diaryl/α,β-unsaturated/α-hetero) is 2. The Hall–Kier alpha value is -2.99. The molecule has 1 heterocycles. The zero-order valence-corrected chi connectivity index (χ0v) is 17.9. The summed E-state index contributed by atoms with van der Waals surface area (Å²) in [5.41, 5.74) is 0.0721. The van der Waals surface area contributed by atoms with E-state index in [2.05, 4.69) is 24.9 Å². The van der Waals surface area contributed by atoms with Crippen molar-refractivity contribution in [3.63, 3.8) is 0 Å². The molecule has 6 heteroatoms. The van der Waals surface area contributed by atoms with E-state index in [1.165, 1.54) is 26.3 Å². The molecule has 3 rings (SSSR count). The molecule has 1 aliphatic carbocycles. The van der Waals surface area contributed by atoms with Crippen LogP contribution < -0.4 is 0 Å². The number of pyridine rings is 1. The molecule has 6 nitrogen and oxygen atoms in total. The number of carbonyl (C=O) groups excluding carboxylic acids is 2. The molecular formula is C24H27NO5. The fourth-order valence-electron chi connectivity index (χ4n) is 3.83. The molecule has 2 N–H and O–H groups in total. The Balaban J connectivity index is 2.20. The molecule has 0 radical (unpaired) electrons. The smallest absolute Gasteiger partial charge is 0.206 e. The predicted molar refractivity (Wildman–Crippen MR) is 116 cm³/mol. The highest BCUT2D eigenvalue weighted by molar-refractivity contribution is 6.16. The number of ether oxygens (including phenoxy) is 1. The van der Waals surface area contributed by atoms with Crippen molar-refractivity contribution < 1.29 is 24.5 Å². The van der Waals surface area contributed by atoms with Crippen LogP contribution in [0.1, 0.15) is 62.2 Å². The number of methoxy groups -OCH3 is 1. The van der Waals surface area contributed by atoms with Gasteiger partial charge < -0.3 is 14.9 Å². The van der Waals surface area contributed by atoms with Gasteiger partial charge in [0.25, 0.3) is 0 Å². The first kappa shape index (κ1) is 21.7. The summed E-state index contributed by atoms with van der Waals surface area (Å²) in [6.45, 7) is 7.54. The molecule has 0 saturated carbocycles. The molecule has 0 bridgehead atoms. The van der Waals surface area contributed by atoms with Crippen LogP contribution in [0.3, 0.4) is 0 Å². The van der Waals surface area contributed by atoms with Gasteiger partial charge >= 0.3 is 0 Å². The highest BCUT2D eigenvalue weighted by Crippen LogP contribution is 2.42. The number of hydrogen-bond acceptors (Lipinski definition) is 6. The predicted octanol–water partition coefficient (Wildman–Crippen LogP) is 4.28. The standard InChI is InChI=1S/C24H27NO5/c1-6-13(2)7-14(3)19-9-16-8-17-10-20(30-5)24(29,11-15(4)26)23(28)21(17)22(27)18(16)12-25-19/h7-10,12-13,27,29H,6,11H2,1-5H3/b14-7+/t13-,24-/m0/s1.